The minimum absolute atomic E-state index is 0.229. The van der Waals surface area contributed by atoms with Crippen molar-refractivity contribution in [2.24, 2.45) is 0 Å². The number of carboxylic acid groups (broad SMARTS) is 1. The van der Waals surface area contributed by atoms with Crippen molar-refractivity contribution in [2.45, 2.75) is 6.54 Å². The summed E-state index contributed by atoms with van der Waals surface area (Å²) < 4.78 is 5.49. The zero-order valence-corrected chi connectivity index (χ0v) is 11.5. The van der Waals surface area contributed by atoms with Crippen LogP contribution in [0.25, 0.3) is 11.0 Å². The SMILES string of the molecule is CN1CCN(Cc2coc3c(C(=O)O)cccc23)CC1. The second-order valence-corrected chi connectivity index (χ2v) is 5.33. The van der Waals surface area contributed by atoms with Crippen LogP contribution < -0.4 is 0 Å². The van der Waals surface area contributed by atoms with E-state index in [2.05, 4.69) is 16.8 Å². The van der Waals surface area contributed by atoms with Crippen molar-refractivity contribution in [1.82, 2.24) is 9.80 Å². The van der Waals surface area contributed by atoms with E-state index in [4.69, 9.17) is 9.52 Å². The largest absolute Gasteiger partial charge is 0.478 e. The lowest BCUT2D eigenvalue weighted by molar-refractivity contribution is 0.0698. The Balaban J connectivity index is 1.86. The molecular formula is C15H18N2O3. The van der Waals surface area contributed by atoms with Crippen LogP contribution in [0.4, 0.5) is 0 Å². The fourth-order valence-corrected chi connectivity index (χ4v) is 2.65. The highest BCUT2D eigenvalue weighted by Crippen LogP contribution is 2.26. The van der Waals surface area contributed by atoms with Crippen LogP contribution in [-0.4, -0.2) is 54.1 Å². The van der Waals surface area contributed by atoms with Gasteiger partial charge in [0.2, 0.25) is 0 Å². The van der Waals surface area contributed by atoms with Gasteiger partial charge < -0.3 is 14.4 Å². The maximum absolute atomic E-state index is 11.2. The average molecular weight is 274 g/mol. The van der Waals surface area contributed by atoms with Gasteiger partial charge in [-0.2, -0.15) is 0 Å². The molecule has 0 bridgehead atoms. The molecule has 0 spiro atoms. The first-order valence-electron chi connectivity index (χ1n) is 6.78. The molecule has 0 unspecified atom stereocenters. The molecule has 1 N–H and O–H groups in total. The quantitative estimate of drug-likeness (QED) is 0.926. The number of furan rings is 1. The Morgan fingerprint density at radius 3 is 2.75 bits per heavy atom. The van der Waals surface area contributed by atoms with E-state index in [-0.39, 0.29) is 5.56 Å². The average Bonchev–Trinajstić information content (AvgIpc) is 2.84. The third kappa shape index (κ3) is 2.42. The molecule has 106 valence electrons. The van der Waals surface area contributed by atoms with Crippen molar-refractivity contribution in [2.75, 3.05) is 33.2 Å². The van der Waals surface area contributed by atoms with E-state index in [9.17, 15) is 4.79 Å². The van der Waals surface area contributed by atoms with E-state index in [1.165, 1.54) is 0 Å². The van der Waals surface area contributed by atoms with Crippen LogP contribution in [0.15, 0.2) is 28.9 Å². The van der Waals surface area contributed by atoms with Crippen LogP contribution in [-0.2, 0) is 6.54 Å². The summed E-state index contributed by atoms with van der Waals surface area (Å²) in [5.74, 6) is -0.948. The first-order valence-corrected chi connectivity index (χ1v) is 6.78. The number of aromatic carboxylic acids is 1. The summed E-state index contributed by atoms with van der Waals surface area (Å²) >= 11 is 0. The molecule has 0 aliphatic carbocycles. The molecule has 1 aromatic carbocycles. The number of fused-ring (bicyclic) bond motifs is 1. The standard InChI is InChI=1S/C15H18N2O3/c1-16-5-7-17(8-6-16)9-11-10-20-14-12(11)3-2-4-13(14)15(18)19/h2-4,10H,5-9H2,1H3,(H,18,19). The molecule has 2 heterocycles. The highest BCUT2D eigenvalue weighted by atomic mass is 16.4. The third-order valence-corrected chi connectivity index (χ3v) is 3.90. The number of rotatable bonds is 3. The molecule has 0 saturated carbocycles. The number of nitrogens with zero attached hydrogens (tertiary/aromatic N) is 2. The summed E-state index contributed by atoms with van der Waals surface area (Å²) in [7, 11) is 2.13. The van der Waals surface area contributed by atoms with Crippen LogP contribution in [0.5, 0.6) is 0 Å². The zero-order chi connectivity index (χ0) is 14.1. The Labute approximate surface area is 117 Å². The molecule has 3 rings (SSSR count). The fraction of sp³-hybridized carbons (Fsp3) is 0.400. The van der Waals surface area contributed by atoms with Crippen molar-refractivity contribution in [3.63, 3.8) is 0 Å². The molecule has 0 atom stereocenters. The summed E-state index contributed by atoms with van der Waals surface area (Å²) in [6.45, 7) is 5.00. The molecule has 1 aromatic heterocycles. The van der Waals surface area contributed by atoms with E-state index < -0.39 is 5.97 Å². The van der Waals surface area contributed by atoms with E-state index in [0.717, 1.165) is 43.7 Å². The van der Waals surface area contributed by atoms with Crippen LogP contribution in [0.3, 0.4) is 0 Å². The number of carbonyl (C=O) groups is 1. The molecule has 1 fully saturated rings. The zero-order valence-electron chi connectivity index (χ0n) is 11.5. The maximum Gasteiger partial charge on any atom is 0.339 e. The van der Waals surface area contributed by atoms with Gasteiger partial charge in [-0.1, -0.05) is 12.1 Å². The van der Waals surface area contributed by atoms with Crippen molar-refractivity contribution < 1.29 is 14.3 Å². The van der Waals surface area contributed by atoms with E-state index in [1.54, 1.807) is 18.4 Å². The predicted molar refractivity (Wildman–Crippen MR) is 75.9 cm³/mol. The Morgan fingerprint density at radius 2 is 2.05 bits per heavy atom. The first kappa shape index (κ1) is 13.1. The Morgan fingerprint density at radius 1 is 1.30 bits per heavy atom. The molecular weight excluding hydrogens is 256 g/mol. The highest BCUT2D eigenvalue weighted by molar-refractivity contribution is 6.01. The fourth-order valence-electron chi connectivity index (χ4n) is 2.65. The maximum atomic E-state index is 11.2. The van der Waals surface area contributed by atoms with Gasteiger partial charge in [0, 0.05) is 43.7 Å². The predicted octanol–water partition coefficient (Wildman–Crippen LogP) is 1.88. The number of hydrogen-bond acceptors (Lipinski definition) is 4. The monoisotopic (exact) mass is 274 g/mol. The third-order valence-electron chi connectivity index (χ3n) is 3.90. The lowest BCUT2D eigenvalue weighted by Gasteiger charge is -2.32. The topological polar surface area (TPSA) is 56.9 Å². The van der Waals surface area contributed by atoms with Gasteiger partial charge in [-0.3, -0.25) is 4.90 Å². The van der Waals surface area contributed by atoms with Gasteiger partial charge in [-0.25, -0.2) is 4.79 Å². The smallest absolute Gasteiger partial charge is 0.339 e. The number of benzene rings is 1. The van der Waals surface area contributed by atoms with Gasteiger partial charge in [0.1, 0.15) is 11.1 Å². The number of piperazine rings is 1. The van der Waals surface area contributed by atoms with Gasteiger partial charge >= 0.3 is 5.97 Å². The molecule has 0 amide bonds. The van der Waals surface area contributed by atoms with Gasteiger partial charge in [0.15, 0.2) is 0 Å². The lowest BCUT2D eigenvalue weighted by Crippen LogP contribution is -2.43. The van der Waals surface area contributed by atoms with E-state index >= 15 is 0 Å². The Bertz CT molecular complexity index is 627. The van der Waals surface area contributed by atoms with E-state index in [1.807, 2.05) is 6.07 Å². The highest BCUT2D eigenvalue weighted by Gasteiger charge is 2.18. The van der Waals surface area contributed by atoms with Crippen LogP contribution in [0.1, 0.15) is 15.9 Å². The van der Waals surface area contributed by atoms with Crippen LogP contribution >= 0.6 is 0 Å². The minimum Gasteiger partial charge on any atom is -0.478 e. The molecule has 5 heteroatoms. The van der Waals surface area contributed by atoms with Gasteiger partial charge in [-0.05, 0) is 13.1 Å². The second-order valence-electron chi connectivity index (χ2n) is 5.33. The number of likely N-dealkylation sites (N-methyl/N-ethyl adjacent to an activating group) is 1. The lowest BCUT2D eigenvalue weighted by atomic mass is 10.1. The molecule has 1 aliphatic rings. The Kier molecular flexibility index (Phi) is 3.46. The Hall–Kier alpha value is -1.85. The minimum atomic E-state index is -0.948. The van der Waals surface area contributed by atoms with Crippen molar-refractivity contribution in [3.8, 4) is 0 Å². The summed E-state index contributed by atoms with van der Waals surface area (Å²) in [5.41, 5.74) is 1.77. The molecule has 1 saturated heterocycles. The number of para-hydroxylation sites is 1. The van der Waals surface area contributed by atoms with Crippen molar-refractivity contribution >= 4 is 16.9 Å². The van der Waals surface area contributed by atoms with Crippen molar-refractivity contribution in [3.05, 3.63) is 35.6 Å². The first-order chi connectivity index (χ1) is 9.65. The van der Waals surface area contributed by atoms with E-state index in [0.29, 0.717) is 5.58 Å². The van der Waals surface area contributed by atoms with Gasteiger partial charge in [0.05, 0.1) is 6.26 Å². The van der Waals surface area contributed by atoms with Crippen LogP contribution in [0, 0.1) is 0 Å². The number of hydrogen-bond donors (Lipinski definition) is 1. The van der Waals surface area contributed by atoms with Crippen LogP contribution in [0.2, 0.25) is 0 Å². The number of carboxylic acids is 1. The summed E-state index contributed by atoms with van der Waals surface area (Å²) in [4.78, 5) is 15.9. The molecule has 0 radical (unpaired) electrons. The normalized spacial score (nSPS) is 17.6. The molecule has 2 aromatic rings. The summed E-state index contributed by atoms with van der Waals surface area (Å²) in [5, 5.41) is 10.1. The van der Waals surface area contributed by atoms with Gasteiger partial charge in [0.25, 0.3) is 0 Å². The molecule has 5 nitrogen and oxygen atoms in total. The molecule has 20 heavy (non-hydrogen) atoms. The summed E-state index contributed by atoms with van der Waals surface area (Å²) in [6, 6.07) is 5.28. The summed E-state index contributed by atoms with van der Waals surface area (Å²) in [6.07, 6.45) is 1.69. The molecule has 1 aliphatic heterocycles. The second kappa shape index (κ2) is 5.26. The van der Waals surface area contributed by atoms with Gasteiger partial charge in [-0.15, -0.1) is 0 Å². The van der Waals surface area contributed by atoms with Crippen molar-refractivity contribution in [1.29, 1.82) is 0 Å².